The highest BCUT2D eigenvalue weighted by atomic mass is 127. The summed E-state index contributed by atoms with van der Waals surface area (Å²) in [6.45, 7) is 2.04. The Labute approximate surface area is 115 Å². The second kappa shape index (κ2) is 6.23. The number of hydrogen-bond acceptors (Lipinski definition) is 2. The van der Waals surface area contributed by atoms with E-state index in [1.165, 1.54) is 0 Å². The molecule has 0 saturated carbocycles. The van der Waals surface area contributed by atoms with Gasteiger partial charge in [0.25, 0.3) is 0 Å². The van der Waals surface area contributed by atoms with Crippen molar-refractivity contribution in [3.05, 3.63) is 35.9 Å². The molecule has 3 nitrogen and oxygen atoms in total. The lowest BCUT2D eigenvalue weighted by Gasteiger charge is -2.15. The van der Waals surface area contributed by atoms with Crippen LogP contribution in [0, 0.1) is 5.92 Å². The van der Waals surface area contributed by atoms with Crippen molar-refractivity contribution in [2.45, 2.75) is 13.0 Å². The molecule has 1 heterocycles. The van der Waals surface area contributed by atoms with Crippen LogP contribution in [-0.4, -0.2) is 28.5 Å². The summed E-state index contributed by atoms with van der Waals surface area (Å²) in [5, 5.41) is 0. The molecule has 0 N–H and O–H groups in total. The first-order valence-electron chi connectivity index (χ1n) is 5.81. The van der Waals surface area contributed by atoms with Gasteiger partial charge >= 0.3 is 6.09 Å². The number of alkyl halides is 1. The normalized spacial score (nSPS) is 19.4. The fourth-order valence-electron chi connectivity index (χ4n) is 1.94. The van der Waals surface area contributed by atoms with Crippen molar-refractivity contribution in [1.82, 2.24) is 4.90 Å². The topological polar surface area (TPSA) is 29.5 Å². The van der Waals surface area contributed by atoms with Gasteiger partial charge < -0.3 is 9.64 Å². The minimum absolute atomic E-state index is 0.179. The van der Waals surface area contributed by atoms with Crippen molar-refractivity contribution in [3.8, 4) is 0 Å². The van der Waals surface area contributed by atoms with Gasteiger partial charge in [0.1, 0.15) is 6.61 Å². The van der Waals surface area contributed by atoms with Crippen LogP contribution in [0.4, 0.5) is 4.79 Å². The summed E-state index contributed by atoms with van der Waals surface area (Å²) in [6, 6.07) is 9.78. The van der Waals surface area contributed by atoms with E-state index in [1.807, 2.05) is 35.2 Å². The van der Waals surface area contributed by atoms with E-state index >= 15 is 0 Å². The van der Waals surface area contributed by atoms with Crippen molar-refractivity contribution >= 4 is 28.7 Å². The highest BCUT2D eigenvalue weighted by Gasteiger charge is 2.26. The number of nitrogens with zero attached hydrogens (tertiary/aromatic N) is 1. The second-order valence-corrected chi connectivity index (χ2v) is 5.18. The summed E-state index contributed by atoms with van der Waals surface area (Å²) in [5.41, 5.74) is 1.03. The summed E-state index contributed by atoms with van der Waals surface area (Å²) in [7, 11) is 0. The lowest BCUT2D eigenvalue weighted by Crippen LogP contribution is -2.29. The molecule has 1 amide bonds. The first kappa shape index (κ1) is 12.7. The van der Waals surface area contributed by atoms with E-state index in [0.29, 0.717) is 12.5 Å². The molecule has 1 aromatic rings. The first-order valence-corrected chi connectivity index (χ1v) is 7.33. The molecule has 1 atom stereocenters. The van der Waals surface area contributed by atoms with E-state index in [1.54, 1.807) is 0 Å². The molecule has 0 aromatic heterocycles. The number of rotatable bonds is 3. The second-order valence-electron chi connectivity index (χ2n) is 4.30. The molecule has 17 heavy (non-hydrogen) atoms. The highest BCUT2D eigenvalue weighted by molar-refractivity contribution is 14.1. The zero-order valence-electron chi connectivity index (χ0n) is 9.64. The van der Waals surface area contributed by atoms with Gasteiger partial charge in [-0.25, -0.2) is 4.79 Å². The third kappa shape index (κ3) is 3.59. The third-order valence-electron chi connectivity index (χ3n) is 2.97. The molecule has 0 bridgehead atoms. The Hall–Kier alpha value is -0.780. The molecule has 1 aliphatic heterocycles. The van der Waals surface area contributed by atoms with Crippen molar-refractivity contribution in [1.29, 1.82) is 0 Å². The van der Waals surface area contributed by atoms with Crippen LogP contribution >= 0.6 is 22.6 Å². The molecule has 2 rings (SSSR count). The molecular weight excluding hydrogens is 329 g/mol. The van der Waals surface area contributed by atoms with Crippen LogP contribution in [0.3, 0.4) is 0 Å². The molecule has 92 valence electrons. The number of benzene rings is 1. The Morgan fingerprint density at radius 2 is 2.18 bits per heavy atom. The minimum Gasteiger partial charge on any atom is -0.445 e. The third-order valence-corrected chi connectivity index (χ3v) is 4.21. The van der Waals surface area contributed by atoms with Crippen molar-refractivity contribution in [2.75, 3.05) is 17.5 Å². The Kier molecular flexibility index (Phi) is 4.65. The molecule has 0 spiro atoms. The summed E-state index contributed by atoms with van der Waals surface area (Å²) in [4.78, 5) is 13.6. The predicted molar refractivity (Wildman–Crippen MR) is 75.2 cm³/mol. The Bertz CT molecular complexity index is 369. The zero-order chi connectivity index (χ0) is 12.1. The highest BCUT2D eigenvalue weighted by Crippen LogP contribution is 2.19. The summed E-state index contributed by atoms with van der Waals surface area (Å²) in [6.07, 6.45) is 0.921. The van der Waals surface area contributed by atoms with Crippen LogP contribution < -0.4 is 0 Å². The lowest BCUT2D eigenvalue weighted by atomic mass is 10.2. The maximum Gasteiger partial charge on any atom is 0.410 e. The number of likely N-dealkylation sites (tertiary alicyclic amines) is 1. The maximum absolute atomic E-state index is 11.8. The van der Waals surface area contributed by atoms with E-state index in [0.717, 1.165) is 29.5 Å². The van der Waals surface area contributed by atoms with Crippen molar-refractivity contribution in [3.63, 3.8) is 0 Å². The first-order chi connectivity index (χ1) is 8.29. The number of amides is 1. The van der Waals surface area contributed by atoms with E-state index in [4.69, 9.17) is 4.74 Å². The van der Waals surface area contributed by atoms with Gasteiger partial charge in [-0.15, -0.1) is 0 Å². The van der Waals surface area contributed by atoms with Crippen LogP contribution in [0.5, 0.6) is 0 Å². The van der Waals surface area contributed by atoms with Gasteiger partial charge in [0.05, 0.1) is 0 Å². The zero-order valence-corrected chi connectivity index (χ0v) is 11.8. The molecular formula is C13H16INO2. The molecule has 0 unspecified atom stereocenters. The fourth-order valence-corrected chi connectivity index (χ4v) is 2.65. The van der Waals surface area contributed by atoms with E-state index in [9.17, 15) is 4.79 Å². The van der Waals surface area contributed by atoms with Gasteiger partial charge in [0, 0.05) is 17.5 Å². The number of halogens is 1. The monoisotopic (exact) mass is 345 g/mol. The van der Waals surface area contributed by atoms with Crippen molar-refractivity contribution < 1.29 is 9.53 Å². The maximum atomic E-state index is 11.8. The Balaban J connectivity index is 1.78. The van der Waals surface area contributed by atoms with Gasteiger partial charge in [-0.2, -0.15) is 0 Å². The van der Waals surface area contributed by atoms with Crippen LogP contribution in [-0.2, 0) is 11.3 Å². The largest absolute Gasteiger partial charge is 0.445 e. The minimum atomic E-state index is -0.179. The van der Waals surface area contributed by atoms with E-state index < -0.39 is 0 Å². The number of hydrogen-bond donors (Lipinski definition) is 0. The molecule has 1 aromatic carbocycles. The Morgan fingerprint density at radius 1 is 1.41 bits per heavy atom. The van der Waals surface area contributed by atoms with Gasteiger partial charge in [-0.1, -0.05) is 52.9 Å². The van der Waals surface area contributed by atoms with Crippen molar-refractivity contribution in [2.24, 2.45) is 5.92 Å². The van der Waals surface area contributed by atoms with Gasteiger partial charge in [0.15, 0.2) is 0 Å². The van der Waals surface area contributed by atoms with Gasteiger partial charge in [-0.05, 0) is 17.9 Å². The summed E-state index contributed by atoms with van der Waals surface area (Å²) < 4.78 is 6.40. The smallest absolute Gasteiger partial charge is 0.410 e. The molecule has 4 heteroatoms. The molecule has 0 aliphatic carbocycles. The number of carbonyl (C=O) groups is 1. The lowest BCUT2D eigenvalue weighted by molar-refractivity contribution is 0.103. The molecule has 1 aliphatic rings. The number of carbonyl (C=O) groups excluding carboxylic acids is 1. The Morgan fingerprint density at radius 3 is 2.82 bits per heavy atom. The summed E-state index contributed by atoms with van der Waals surface area (Å²) in [5.74, 6) is 0.639. The van der Waals surface area contributed by atoms with Crippen LogP contribution in [0.25, 0.3) is 0 Å². The average Bonchev–Trinajstić information content (AvgIpc) is 2.86. The van der Waals surface area contributed by atoms with Crippen LogP contribution in [0.1, 0.15) is 12.0 Å². The number of ether oxygens (including phenoxy) is 1. The van der Waals surface area contributed by atoms with Gasteiger partial charge in [0.2, 0.25) is 0 Å². The van der Waals surface area contributed by atoms with E-state index in [-0.39, 0.29) is 6.09 Å². The van der Waals surface area contributed by atoms with E-state index in [2.05, 4.69) is 22.6 Å². The molecule has 1 fully saturated rings. The quantitative estimate of drug-likeness (QED) is 0.623. The average molecular weight is 345 g/mol. The predicted octanol–water partition coefficient (Wildman–Crippen LogP) is 3.08. The van der Waals surface area contributed by atoms with Crippen LogP contribution in [0.2, 0.25) is 0 Å². The van der Waals surface area contributed by atoms with Crippen LogP contribution in [0.15, 0.2) is 30.3 Å². The molecule has 1 saturated heterocycles. The standard InChI is InChI=1S/C13H16INO2/c14-8-12-6-7-15(9-12)13(16)17-10-11-4-2-1-3-5-11/h1-5,12H,6-10H2/t12-/m1/s1. The molecule has 0 radical (unpaired) electrons. The van der Waals surface area contributed by atoms with Gasteiger partial charge in [-0.3, -0.25) is 0 Å². The summed E-state index contributed by atoms with van der Waals surface area (Å²) >= 11 is 2.37. The SMILES string of the molecule is O=C(OCc1ccccc1)N1CC[C@H](CI)C1. The fraction of sp³-hybridized carbons (Fsp3) is 0.462.